The molecule has 0 bridgehead atoms. The number of halogens is 2. The lowest BCUT2D eigenvalue weighted by molar-refractivity contribution is 1.06. The quantitative estimate of drug-likeness (QED) is 0.758. The highest BCUT2D eigenvalue weighted by atomic mass is 127. The average molecular weight is 418 g/mol. The Kier molecular flexibility index (Phi) is 4.55. The van der Waals surface area contributed by atoms with Crippen molar-refractivity contribution in [2.45, 2.75) is 13.8 Å². The molecule has 3 nitrogen and oxygen atoms in total. The molecular weight excluding hydrogens is 405 g/mol. The van der Waals surface area contributed by atoms with Crippen LogP contribution in [0, 0.1) is 10.5 Å². The third-order valence-electron chi connectivity index (χ3n) is 2.44. The van der Waals surface area contributed by atoms with E-state index in [1.54, 1.807) is 0 Å². The van der Waals surface area contributed by atoms with Crippen molar-refractivity contribution in [3.8, 4) is 11.4 Å². The largest absolute Gasteiger partial charge is 0.369 e. The summed E-state index contributed by atoms with van der Waals surface area (Å²) in [5, 5.41) is 3.24. The minimum atomic E-state index is 0.755. The Morgan fingerprint density at radius 2 is 2.11 bits per heavy atom. The molecule has 0 unspecified atom stereocenters. The third-order valence-corrected chi connectivity index (χ3v) is 4.06. The zero-order chi connectivity index (χ0) is 13.1. The Balaban J connectivity index is 2.51. The predicted molar refractivity (Wildman–Crippen MR) is 86.8 cm³/mol. The standard InChI is InChI=1S/C13H13BrIN3/c1-3-16-13-11(14)8(2)17-12(18-13)9-5-4-6-10(15)7-9/h4-7H,3H2,1-2H3,(H,16,17,18). The van der Waals surface area contributed by atoms with Crippen molar-refractivity contribution < 1.29 is 0 Å². The Hall–Kier alpha value is -0.690. The van der Waals surface area contributed by atoms with Gasteiger partial charge in [0.05, 0.1) is 10.2 Å². The first-order valence-electron chi connectivity index (χ1n) is 5.65. The van der Waals surface area contributed by atoms with E-state index in [1.165, 1.54) is 3.57 Å². The number of rotatable bonds is 3. The molecular formula is C13H13BrIN3. The van der Waals surface area contributed by atoms with Crippen LogP contribution >= 0.6 is 38.5 Å². The van der Waals surface area contributed by atoms with Gasteiger partial charge in [0, 0.05) is 15.7 Å². The second kappa shape index (κ2) is 5.97. The van der Waals surface area contributed by atoms with Crippen LogP contribution in [0.1, 0.15) is 12.6 Å². The van der Waals surface area contributed by atoms with Gasteiger partial charge in [0.1, 0.15) is 5.82 Å². The minimum Gasteiger partial charge on any atom is -0.369 e. The van der Waals surface area contributed by atoms with E-state index in [0.717, 1.165) is 33.9 Å². The van der Waals surface area contributed by atoms with Crippen LogP contribution in [0.25, 0.3) is 11.4 Å². The molecule has 2 rings (SSSR count). The number of benzene rings is 1. The molecule has 1 heterocycles. The molecule has 2 aromatic rings. The Labute approximate surface area is 129 Å². The maximum atomic E-state index is 4.56. The van der Waals surface area contributed by atoms with Crippen molar-refractivity contribution in [3.63, 3.8) is 0 Å². The van der Waals surface area contributed by atoms with Gasteiger partial charge in [-0.25, -0.2) is 9.97 Å². The number of nitrogens with zero attached hydrogens (tertiary/aromatic N) is 2. The van der Waals surface area contributed by atoms with Crippen LogP contribution in [0.2, 0.25) is 0 Å². The van der Waals surface area contributed by atoms with E-state index < -0.39 is 0 Å². The first-order valence-corrected chi connectivity index (χ1v) is 7.53. The molecule has 5 heteroatoms. The molecule has 0 fully saturated rings. The highest BCUT2D eigenvalue weighted by Gasteiger charge is 2.10. The van der Waals surface area contributed by atoms with Crippen LogP contribution in [0.4, 0.5) is 5.82 Å². The third kappa shape index (κ3) is 3.00. The second-order valence-electron chi connectivity index (χ2n) is 3.84. The molecule has 1 N–H and O–H groups in total. The lowest BCUT2D eigenvalue weighted by Crippen LogP contribution is -2.04. The van der Waals surface area contributed by atoms with Gasteiger partial charge >= 0.3 is 0 Å². The van der Waals surface area contributed by atoms with E-state index in [4.69, 9.17) is 0 Å². The summed E-state index contributed by atoms with van der Waals surface area (Å²) >= 11 is 5.81. The number of nitrogens with one attached hydrogen (secondary N) is 1. The van der Waals surface area contributed by atoms with Gasteiger partial charge in [0.2, 0.25) is 0 Å². The number of hydrogen-bond acceptors (Lipinski definition) is 3. The molecule has 0 saturated carbocycles. The maximum Gasteiger partial charge on any atom is 0.161 e. The van der Waals surface area contributed by atoms with Crippen LogP contribution in [-0.4, -0.2) is 16.5 Å². The molecule has 0 radical (unpaired) electrons. The smallest absolute Gasteiger partial charge is 0.161 e. The van der Waals surface area contributed by atoms with E-state index >= 15 is 0 Å². The van der Waals surface area contributed by atoms with Crippen molar-refractivity contribution in [3.05, 3.63) is 38.0 Å². The average Bonchev–Trinajstić information content (AvgIpc) is 2.35. The monoisotopic (exact) mass is 417 g/mol. The number of aromatic nitrogens is 2. The van der Waals surface area contributed by atoms with Crippen LogP contribution in [0.15, 0.2) is 28.7 Å². The van der Waals surface area contributed by atoms with Gasteiger partial charge in [0.15, 0.2) is 5.82 Å². The fourth-order valence-electron chi connectivity index (χ4n) is 1.60. The molecule has 0 atom stereocenters. The summed E-state index contributed by atoms with van der Waals surface area (Å²) in [7, 11) is 0. The van der Waals surface area contributed by atoms with Crippen molar-refractivity contribution in [2.75, 3.05) is 11.9 Å². The lowest BCUT2D eigenvalue weighted by Gasteiger charge is -2.10. The van der Waals surface area contributed by atoms with Gasteiger partial charge in [-0.15, -0.1) is 0 Å². The summed E-state index contributed by atoms with van der Waals surface area (Å²) in [6, 6.07) is 8.19. The highest BCUT2D eigenvalue weighted by Crippen LogP contribution is 2.27. The summed E-state index contributed by atoms with van der Waals surface area (Å²) < 4.78 is 2.11. The van der Waals surface area contributed by atoms with Gasteiger partial charge < -0.3 is 5.32 Å². The molecule has 0 aliphatic rings. The molecule has 1 aromatic heterocycles. The van der Waals surface area contributed by atoms with Gasteiger partial charge in [-0.05, 0) is 64.5 Å². The zero-order valence-electron chi connectivity index (χ0n) is 10.2. The Bertz CT molecular complexity index is 572. The van der Waals surface area contributed by atoms with Gasteiger partial charge in [0.25, 0.3) is 0 Å². The molecule has 0 amide bonds. The molecule has 0 spiro atoms. The number of hydrogen-bond donors (Lipinski definition) is 1. The number of aryl methyl sites for hydroxylation is 1. The zero-order valence-corrected chi connectivity index (χ0v) is 13.9. The van der Waals surface area contributed by atoms with Crippen molar-refractivity contribution in [2.24, 2.45) is 0 Å². The topological polar surface area (TPSA) is 37.8 Å². The molecule has 18 heavy (non-hydrogen) atoms. The lowest BCUT2D eigenvalue weighted by atomic mass is 10.2. The van der Waals surface area contributed by atoms with Crippen LogP contribution < -0.4 is 5.32 Å². The summed E-state index contributed by atoms with van der Waals surface area (Å²) in [6.45, 7) is 4.86. The summed E-state index contributed by atoms with van der Waals surface area (Å²) in [6.07, 6.45) is 0. The van der Waals surface area contributed by atoms with Gasteiger partial charge in [-0.1, -0.05) is 12.1 Å². The van der Waals surface area contributed by atoms with E-state index in [2.05, 4.69) is 72.9 Å². The van der Waals surface area contributed by atoms with E-state index in [9.17, 15) is 0 Å². The fourth-order valence-corrected chi connectivity index (χ4v) is 2.46. The molecule has 94 valence electrons. The fraction of sp³-hybridized carbons (Fsp3) is 0.231. The van der Waals surface area contributed by atoms with E-state index in [0.29, 0.717) is 0 Å². The summed E-state index contributed by atoms with van der Waals surface area (Å²) in [4.78, 5) is 9.09. The van der Waals surface area contributed by atoms with E-state index in [1.807, 2.05) is 19.1 Å². The normalized spacial score (nSPS) is 10.4. The summed E-state index contributed by atoms with van der Waals surface area (Å²) in [5.41, 5.74) is 1.98. The number of anilines is 1. The predicted octanol–water partition coefficient (Wildman–Crippen LogP) is 4.25. The van der Waals surface area contributed by atoms with Crippen molar-refractivity contribution in [1.82, 2.24) is 9.97 Å². The van der Waals surface area contributed by atoms with Gasteiger partial charge in [-0.2, -0.15) is 0 Å². The van der Waals surface area contributed by atoms with Gasteiger partial charge in [-0.3, -0.25) is 0 Å². The van der Waals surface area contributed by atoms with Crippen LogP contribution in [-0.2, 0) is 0 Å². The van der Waals surface area contributed by atoms with E-state index in [-0.39, 0.29) is 0 Å². The Morgan fingerprint density at radius 1 is 1.33 bits per heavy atom. The van der Waals surface area contributed by atoms with Crippen molar-refractivity contribution in [1.29, 1.82) is 0 Å². The second-order valence-corrected chi connectivity index (χ2v) is 5.87. The molecule has 0 saturated heterocycles. The van der Waals surface area contributed by atoms with Crippen molar-refractivity contribution >= 4 is 44.3 Å². The van der Waals surface area contributed by atoms with Crippen LogP contribution in [0.5, 0.6) is 0 Å². The summed E-state index contributed by atoms with van der Waals surface area (Å²) in [5.74, 6) is 1.60. The SMILES string of the molecule is CCNc1nc(-c2cccc(I)c2)nc(C)c1Br. The first-order chi connectivity index (χ1) is 8.61. The molecule has 1 aromatic carbocycles. The maximum absolute atomic E-state index is 4.56. The molecule has 0 aliphatic heterocycles. The minimum absolute atomic E-state index is 0.755. The highest BCUT2D eigenvalue weighted by molar-refractivity contribution is 14.1. The molecule has 0 aliphatic carbocycles. The first kappa shape index (κ1) is 13.7. The Morgan fingerprint density at radius 3 is 2.78 bits per heavy atom. The van der Waals surface area contributed by atoms with Crippen LogP contribution in [0.3, 0.4) is 0 Å².